The monoisotopic (exact) mass is 415 g/mol. The molecule has 0 atom stereocenters. The highest BCUT2D eigenvalue weighted by Gasteiger charge is 2.23. The number of aryl methyl sites for hydroxylation is 1. The van der Waals surface area contributed by atoms with Crippen LogP contribution >= 0.6 is 23.2 Å². The van der Waals surface area contributed by atoms with Crippen molar-refractivity contribution in [3.8, 4) is 11.5 Å². The largest absolute Gasteiger partial charge is 0.453 e. The van der Waals surface area contributed by atoms with Crippen LogP contribution in [0.1, 0.15) is 22.5 Å². The molecule has 0 saturated carbocycles. The molecule has 1 N–H and O–H groups in total. The number of carbonyl (C=O) groups is 1. The number of fused-ring (bicyclic) bond motifs is 1. The average Bonchev–Trinajstić information content (AvgIpc) is 3.00. The Morgan fingerprint density at radius 1 is 1.18 bits per heavy atom. The van der Waals surface area contributed by atoms with Crippen molar-refractivity contribution in [2.24, 2.45) is 0 Å². The summed E-state index contributed by atoms with van der Waals surface area (Å²) < 4.78 is 5.95. The second kappa shape index (κ2) is 7.86. The number of rotatable bonds is 4. The molecule has 7 heteroatoms. The molecular formula is C21H19Cl2N3O2. The lowest BCUT2D eigenvalue weighted by Crippen LogP contribution is -2.37. The molecule has 0 spiro atoms. The molecule has 0 fully saturated rings. The maximum Gasteiger partial charge on any atom is 0.229 e. The maximum atomic E-state index is 12.9. The molecular weight excluding hydrogens is 397 g/mol. The highest BCUT2D eigenvalue weighted by molar-refractivity contribution is 6.34. The van der Waals surface area contributed by atoms with E-state index in [4.69, 9.17) is 27.9 Å². The van der Waals surface area contributed by atoms with Gasteiger partial charge in [-0.3, -0.25) is 9.89 Å². The van der Waals surface area contributed by atoms with Gasteiger partial charge < -0.3 is 9.64 Å². The van der Waals surface area contributed by atoms with Crippen LogP contribution in [0.3, 0.4) is 0 Å². The van der Waals surface area contributed by atoms with Gasteiger partial charge in [0.25, 0.3) is 0 Å². The van der Waals surface area contributed by atoms with Gasteiger partial charge in [-0.2, -0.15) is 5.10 Å². The van der Waals surface area contributed by atoms with Gasteiger partial charge in [-0.25, -0.2) is 0 Å². The van der Waals surface area contributed by atoms with Gasteiger partial charge in [0.1, 0.15) is 11.4 Å². The van der Waals surface area contributed by atoms with Crippen LogP contribution in [0.25, 0.3) is 0 Å². The zero-order chi connectivity index (χ0) is 19.7. The standard InChI is InChI=1S/C21H19Cl2N3O2/c1-13-21(28-18-9-16(22)8-17(23)10-18)19(25-24-13)11-20(27)26-7-6-14-4-2-3-5-15(14)12-26/h2-5,8-10H,6-7,11-12H2,1H3,(H,24,25). The van der Waals surface area contributed by atoms with E-state index in [9.17, 15) is 4.79 Å². The number of halogens is 2. The summed E-state index contributed by atoms with van der Waals surface area (Å²) in [6.45, 7) is 3.18. The SMILES string of the molecule is Cc1[nH]nc(CC(=O)N2CCc3ccccc3C2)c1Oc1cc(Cl)cc(Cl)c1. The molecule has 1 aromatic heterocycles. The minimum absolute atomic E-state index is 0.0231. The summed E-state index contributed by atoms with van der Waals surface area (Å²) in [5, 5.41) is 8.13. The molecule has 0 aliphatic carbocycles. The van der Waals surface area contributed by atoms with E-state index in [-0.39, 0.29) is 12.3 Å². The third-order valence-corrected chi connectivity index (χ3v) is 5.26. The highest BCUT2D eigenvalue weighted by Crippen LogP contribution is 2.32. The van der Waals surface area contributed by atoms with E-state index in [1.165, 1.54) is 11.1 Å². The number of nitrogens with one attached hydrogen (secondary N) is 1. The fourth-order valence-electron chi connectivity index (χ4n) is 3.39. The Morgan fingerprint density at radius 3 is 2.64 bits per heavy atom. The van der Waals surface area contributed by atoms with E-state index in [1.54, 1.807) is 18.2 Å². The van der Waals surface area contributed by atoms with Crippen molar-refractivity contribution in [3.05, 3.63) is 75.0 Å². The van der Waals surface area contributed by atoms with Crippen molar-refractivity contribution in [1.29, 1.82) is 0 Å². The van der Waals surface area contributed by atoms with Crippen molar-refractivity contribution in [2.45, 2.75) is 26.3 Å². The van der Waals surface area contributed by atoms with Gasteiger partial charge in [0.15, 0.2) is 5.75 Å². The first-order chi connectivity index (χ1) is 13.5. The van der Waals surface area contributed by atoms with E-state index in [0.29, 0.717) is 40.3 Å². The number of ether oxygens (including phenoxy) is 1. The number of nitrogens with zero attached hydrogens (tertiary/aromatic N) is 2. The van der Waals surface area contributed by atoms with E-state index >= 15 is 0 Å². The Morgan fingerprint density at radius 2 is 1.89 bits per heavy atom. The molecule has 3 aromatic rings. The minimum Gasteiger partial charge on any atom is -0.453 e. The number of amides is 1. The molecule has 1 amide bonds. The second-order valence-corrected chi connectivity index (χ2v) is 7.72. The minimum atomic E-state index is 0.0231. The Labute approximate surface area is 173 Å². The third kappa shape index (κ3) is 4.01. The van der Waals surface area contributed by atoms with Gasteiger partial charge in [-0.15, -0.1) is 0 Å². The molecule has 5 nitrogen and oxygen atoms in total. The molecule has 1 aliphatic heterocycles. The molecule has 144 valence electrons. The molecule has 1 aliphatic rings. The number of benzene rings is 2. The summed E-state index contributed by atoms with van der Waals surface area (Å²) in [5.74, 6) is 1.06. The van der Waals surface area contributed by atoms with Gasteiger partial charge in [0, 0.05) is 23.1 Å². The highest BCUT2D eigenvalue weighted by atomic mass is 35.5. The normalized spacial score (nSPS) is 13.3. The first kappa shape index (κ1) is 18.8. The molecule has 2 aromatic carbocycles. The van der Waals surface area contributed by atoms with Crippen LogP contribution in [-0.4, -0.2) is 27.5 Å². The summed E-state index contributed by atoms with van der Waals surface area (Å²) in [6, 6.07) is 13.2. The van der Waals surface area contributed by atoms with Crippen LogP contribution in [0.4, 0.5) is 0 Å². The lowest BCUT2D eigenvalue weighted by molar-refractivity contribution is -0.131. The van der Waals surface area contributed by atoms with Crippen molar-refractivity contribution in [3.63, 3.8) is 0 Å². The summed E-state index contributed by atoms with van der Waals surface area (Å²) in [5.41, 5.74) is 3.81. The molecule has 0 unspecified atom stereocenters. The lowest BCUT2D eigenvalue weighted by atomic mass is 9.99. The number of hydrogen-bond acceptors (Lipinski definition) is 3. The van der Waals surface area contributed by atoms with Crippen molar-refractivity contribution in [2.75, 3.05) is 6.54 Å². The molecule has 0 radical (unpaired) electrons. The summed E-state index contributed by atoms with van der Waals surface area (Å²) in [7, 11) is 0. The second-order valence-electron chi connectivity index (χ2n) is 6.84. The van der Waals surface area contributed by atoms with Gasteiger partial charge in [0.05, 0.1) is 12.1 Å². The molecule has 2 heterocycles. The van der Waals surface area contributed by atoms with E-state index in [0.717, 1.165) is 12.1 Å². The van der Waals surface area contributed by atoms with E-state index in [1.807, 2.05) is 24.0 Å². The van der Waals surface area contributed by atoms with Gasteiger partial charge in [-0.1, -0.05) is 47.5 Å². The topological polar surface area (TPSA) is 58.2 Å². The van der Waals surface area contributed by atoms with Crippen LogP contribution in [0.15, 0.2) is 42.5 Å². The number of aromatic amines is 1. The smallest absolute Gasteiger partial charge is 0.229 e. The van der Waals surface area contributed by atoms with Gasteiger partial charge in [0.2, 0.25) is 5.91 Å². The van der Waals surface area contributed by atoms with E-state index < -0.39 is 0 Å². The summed E-state index contributed by atoms with van der Waals surface area (Å²) >= 11 is 12.1. The Bertz CT molecular complexity index is 1010. The number of H-pyrrole nitrogens is 1. The molecule has 28 heavy (non-hydrogen) atoms. The van der Waals surface area contributed by atoms with E-state index in [2.05, 4.69) is 22.3 Å². The maximum absolute atomic E-state index is 12.9. The number of aromatic nitrogens is 2. The first-order valence-corrected chi connectivity index (χ1v) is 9.77. The number of hydrogen-bond donors (Lipinski definition) is 1. The third-order valence-electron chi connectivity index (χ3n) is 4.82. The van der Waals surface area contributed by atoms with Crippen LogP contribution in [-0.2, 0) is 24.2 Å². The predicted molar refractivity (Wildman–Crippen MR) is 109 cm³/mol. The number of carbonyl (C=O) groups excluding carboxylic acids is 1. The Kier molecular flexibility index (Phi) is 5.29. The molecule has 4 rings (SSSR count). The molecule has 0 bridgehead atoms. The predicted octanol–water partition coefficient (Wildman–Crippen LogP) is 4.94. The quantitative estimate of drug-likeness (QED) is 0.655. The fourth-order valence-corrected chi connectivity index (χ4v) is 3.90. The van der Waals surface area contributed by atoms with Crippen molar-refractivity contribution in [1.82, 2.24) is 15.1 Å². The first-order valence-electron chi connectivity index (χ1n) is 9.02. The van der Waals surface area contributed by atoms with Crippen molar-refractivity contribution >= 4 is 29.1 Å². The van der Waals surface area contributed by atoms with Crippen LogP contribution in [0.5, 0.6) is 11.5 Å². The zero-order valence-electron chi connectivity index (χ0n) is 15.3. The summed E-state index contributed by atoms with van der Waals surface area (Å²) in [4.78, 5) is 14.7. The Hall–Kier alpha value is -2.50. The van der Waals surface area contributed by atoms with Crippen LogP contribution < -0.4 is 4.74 Å². The van der Waals surface area contributed by atoms with Crippen molar-refractivity contribution < 1.29 is 9.53 Å². The fraction of sp³-hybridized carbons (Fsp3) is 0.238. The Balaban J connectivity index is 1.50. The molecule has 0 saturated heterocycles. The van der Waals surface area contributed by atoms with Crippen LogP contribution in [0.2, 0.25) is 10.0 Å². The zero-order valence-corrected chi connectivity index (χ0v) is 16.8. The average molecular weight is 416 g/mol. The van der Waals surface area contributed by atoms with Crippen LogP contribution in [0, 0.1) is 6.92 Å². The van der Waals surface area contributed by atoms with Gasteiger partial charge in [-0.05, 0) is 42.7 Å². The summed E-state index contributed by atoms with van der Waals surface area (Å²) in [6.07, 6.45) is 1.03. The lowest BCUT2D eigenvalue weighted by Gasteiger charge is -2.28. The van der Waals surface area contributed by atoms with Gasteiger partial charge >= 0.3 is 0 Å².